The van der Waals surface area contributed by atoms with E-state index in [1.807, 2.05) is 6.07 Å². The van der Waals surface area contributed by atoms with Gasteiger partial charge >= 0.3 is 0 Å². The van der Waals surface area contributed by atoms with Crippen LogP contribution in [0.5, 0.6) is 5.75 Å². The average Bonchev–Trinajstić information content (AvgIpc) is 2.87. The molecule has 0 saturated carbocycles. The molecule has 0 atom stereocenters. The molecule has 1 aromatic heterocycles. The Morgan fingerprint density at radius 1 is 1.32 bits per heavy atom. The zero-order valence-electron chi connectivity index (χ0n) is 11.5. The molecule has 0 amide bonds. The summed E-state index contributed by atoms with van der Waals surface area (Å²) in [5.41, 5.74) is 3.47. The van der Waals surface area contributed by atoms with Crippen LogP contribution in [0.3, 0.4) is 0 Å². The van der Waals surface area contributed by atoms with Crippen molar-refractivity contribution < 1.29 is 4.74 Å². The Morgan fingerprint density at radius 3 is 2.89 bits per heavy atom. The van der Waals surface area contributed by atoms with Crippen LogP contribution in [0.25, 0.3) is 10.6 Å². The zero-order valence-corrected chi connectivity index (χ0v) is 12.3. The lowest BCUT2D eigenvalue weighted by Gasteiger charge is -2.19. The van der Waals surface area contributed by atoms with Gasteiger partial charge in [0.2, 0.25) is 0 Å². The maximum atomic E-state index is 5.59. The lowest BCUT2D eigenvalue weighted by Crippen LogP contribution is -2.17. The summed E-state index contributed by atoms with van der Waals surface area (Å²) >= 11 is 1.70. The van der Waals surface area contributed by atoms with Crippen LogP contribution in [0, 0.1) is 0 Å². The monoisotopic (exact) mass is 274 g/mol. The molecule has 2 heterocycles. The topological polar surface area (TPSA) is 34.1 Å². The second-order valence-electron chi connectivity index (χ2n) is 5.77. The van der Waals surface area contributed by atoms with Crippen molar-refractivity contribution >= 4 is 17.0 Å². The highest BCUT2D eigenvalue weighted by Gasteiger charge is 2.18. The van der Waals surface area contributed by atoms with E-state index in [2.05, 4.69) is 43.6 Å². The van der Waals surface area contributed by atoms with Gasteiger partial charge in [-0.2, -0.15) is 0 Å². The highest BCUT2D eigenvalue weighted by atomic mass is 32.1. The largest absolute Gasteiger partial charge is 0.490 e. The molecule has 0 saturated heterocycles. The van der Waals surface area contributed by atoms with Crippen LogP contribution in [-0.4, -0.2) is 18.1 Å². The number of hydrogen-bond donors (Lipinski definition) is 1. The molecule has 0 bridgehead atoms. The van der Waals surface area contributed by atoms with Gasteiger partial charge in [-0.3, -0.25) is 0 Å². The predicted molar refractivity (Wildman–Crippen MR) is 80.2 cm³/mol. The fraction of sp³-hybridized carbons (Fsp3) is 0.400. The van der Waals surface area contributed by atoms with E-state index in [-0.39, 0.29) is 5.41 Å². The van der Waals surface area contributed by atoms with Crippen LogP contribution in [0.15, 0.2) is 23.6 Å². The fourth-order valence-electron chi connectivity index (χ4n) is 2.02. The zero-order chi connectivity index (χ0) is 13.5. The van der Waals surface area contributed by atoms with Crippen molar-refractivity contribution in [3.05, 3.63) is 29.3 Å². The van der Waals surface area contributed by atoms with Gasteiger partial charge in [0.15, 0.2) is 0 Å². The van der Waals surface area contributed by atoms with Gasteiger partial charge in [-0.15, -0.1) is 11.3 Å². The first-order chi connectivity index (χ1) is 9.04. The Balaban J connectivity index is 1.96. The summed E-state index contributed by atoms with van der Waals surface area (Å²) in [4.78, 5) is 4.75. The van der Waals surface area contributed by atoms with Gasteiger partial charge in [-0.25, -0.2) is 4.98 Å². The SMILES string of the molecule is CC(C)(C)c1csc(-c2ccc3c(c2)NCCO3)n1. The molecular formula is C15H18N2OS. The molecule has 3 nitrogen and oxygen atoms in total. The number of nitrogens with zero attached hydrogens (tertiary/aromatic N) is 1. The van der Waals surface area contributed by atoms with Crippen molar-refractivity contribution in [1.29, 1.82) is 0 Å². The van der Waals surface area contributed by atoms with Crippen LogP contribution in [0.4, 0.5) is 5.69 Å². The summed E-state index contributed by atoms with van der Waals surface area (Å²) in [6.45, 7) is 8.16. The molecule has 0 aliphatic carbocycles. The smallest absolute Gasteiger partial charge is 0.142 e. The van der Waals surface area contributed by atoms with Crippen molar-refractivity contribution in [2.24, 2.45) is 0 Å². The summed E-state index contributed by atoms with van der Waals surface area (Å²) in [5.74, 6) is 0.933. The van der Waals surface area contributed by atoms with Crippen molar-refractivity contribution in [2.75, 3.05) is 18.5 Å². The molecule has 1 aliphatic heterocycles. The van der Waals surface area contributed by atoms with Crippen molar-refractivity contribution in [3.8, 4) is 16.3 Å². The normalized spacial score (nSPS) is 14.5. The summed E-state index contributed by atoms with van der Waals surface area (Å²) < 4.78 is 5.59. The number of ether oxygens (including phenoxy) is 1. The van der Waals surface area contributed by atoms with E-state index in [1.165, 1.54) is 0 Å². The van der Waals surface area contributed by atoms with E-state index < -0.39 is 0 Å². The van der Waals surface area contributed by atoms with Gasteiger partial charge in [0.25, 0.3) is 0 Å². The minimum absolute atomic E-state index is 0.102. The minimum atomic E-state index is 0.102. The van der Waals surface area contributed by atoms with E-state index in [0.717, 1.165) is 40.9 Å². The quantitative estimate of drug-likeness (QED) is 0.856. The third-order valence-electron chi connectivity index (χ3n) is 3.17. The molecular weight excluding hydrogens is 256 g/mol. The third-order valence-corrected chi connectivity index (χ3v) is 4.07. The molecule has 3 rings (SSSR count). The number of aromatic nitrogens is 1. The predicted octanol–water partition coefficient (Wildman–Crippen LogP) is 3.91. The number of hydrogen-bond acceptors (Lipinski definition) is 4. The highest BCUT2D eigenvalue weighted by Crippen LogP contribution is 2.35. The number of benzene rings is 1. The van der Waals surface area contributed by atoms with Crippen LogP contribution in [0.1, 0.15) is 26.5 Å². The molecule has 0 spiro atoms. The molecule has 1 N–H and O–H groups in total. The number of anilines is 1. The van der Waals surface area contributed by atoms with E-state index in [4.69, 9.17) is 9.72 Å². The summed E-state index contributed by atoms with van der Waals surface area (Å²) in [6.07, 6.45) is 0. The van der Waals surface area contributed by atoms with E-state index in [1.54, 1.807) is 11.3 Å². The molecule has 0 unspecified atom stereocenters. The average molecular weight is 274 g/mol. The van der Waals surface area contributed by atoms with Crippen LogP contribution >= 0.6 is 11.3 Å². The van der Waals surface area contributed by atoms with E-state index in [0.29, 0.717) is 0 Å². The Morgan fingerprint density at radius 2 is 2.16 bits per heavy atom. The maximum absolute atomic E-state index is 5.59. The summed E-state index contributed by atoms with van der Waals surface area (Å²) in [5, 5.41) is 6.58. The number of thiazole rings is 1. The van der Waals surface area contributed by atoms with Gasteiger partial charge in [-0.1, -0.05) is 20.8 Å². The molecule has 19 heavy (non-hydrogen) atoms. The Bertz CT molecular complexity index is 598. The van der Waals surface area contributed by atoms with Gasteiger partial charge < -0.3 is 10.1 Å². The van der Waals surface area contributed by atoms with Crippen molar-refractivity contribution in [1.82, 2.24) is 4.98 Å². The van der Waals surface area contributed by atoms with Gasteiger partial charge in [0.1, 0.15) is 17.4 Å². The molecule has 1 aromatic carbocycles. The van der Waals surface area contributed by atoms with Gasteiger partial charge in [0.05, 0.1) is 11.4 Å². The minimum Gasteiger partial charge on any atom is -0.490 e. The Labute approximate surface area is 117 Å². The van der Waals surface area contributed by atoms with Crippen LogP contribution in [-0.2, 0) is 5.41 Å². The van der Waals surface area contributed by atoms with Gasteiger partial charge in [0, 0.05) is 22.9 Å². The molecule has 2 aromatic rings. The number of fused-ring (bicyclic) bond motifs is 1. The standard InChI is InChI=1S/C15H18N2OS/c1-15(2,3)13-9-19-14(17-13)10-4-5-12-11(8-10)16-6-7-18-12/h4-5,8-9,16H,6-7H2,1-3H3. The van der Waals surface area contributed by atoms with Crippen LogP contribution in [0.2, 0.25) is 0 Å². The Hall–Kier alpha value is -1.55. The second kappa shape index (κ2) is 4.53. The molecule has 0 radical (unpaired) electrons. The highest BCUT2D eigenvalue weighted by molar-refractivity contribution is 7.13. The maximum Gasteiger partial charge on any atom is 0.142 e. The number of nitrogens with one attached hydrogen (secondary N) is 1. The second-order valence-corrected chi connectivity index (χ2v) is 6.63. The first-order valence-electron chi connectivity index (χ1n) is 6.51. The fourth-order valence-corrected chi connectivity index (χ4v) is 3.07. The number of rotatable bonds is 1. The first kappa shape index (κ1) is 12.5. The molecule has 4 heteroatoms. The van der Waals surface area contributed by atoms with E-state index >= 15 is 0 Å². The van der Waals surface area contributed by atoms with Crippen LogP contribution < -0.4 is 10.1 Å². The van der Waals surface area contributed by atoms with Crippen molar-refractivity contribution in [3.63, 3.8) is 0 Å². The summed E-state index contributed by atoms with van der Waals surface area (Å²) in [7, 11) is 0. The third kappa shape index (κ3) is 2.45. The lowest BCUT2D eigenvalue weighted by atomic mass is 9.93. The first-order valence-corrected chi connectivity index (χ1v) is 7.39. The van der Waals surface area contributed by atoms with Crippen molar-refractivity contribution in [2.45, 2.75) is 26.2 Å². The lowest BCUT2D eigenvalue weighted by molar-refractivity contribution is 0.323. The summed E-state index contributed by atoms with van der Waals surface area (Å²) in [6, 6.07) is 6.23. The van der Waals surface area contributed by atoms with E-state index in [9.17, 15) is 0 Å². The van der Waals surface area contributed by atoms with Gasteiger partial charge in [-0.05, 0) is 18.2 Å². The molecule has 1 aliphatic rings. The molecule has 0 fully saturated rings. The Kier molecular flexibility index (Phi) is 2.97. The molecule has 100 valence electrons.